The highest BCUT2D eigenvalue weighted by molar-refractivity contribution is 8.00. The van der Waals surface area contributed by atoms with Crippen molar-refractivity contribution >= 4 is 23.1 Å². The van der Waals surface area contributed by atoms with E-state index >= 15 is 0 Å². The highest BCUT2D eigenvalue weighted by Crippen LogP contribution is 2.45. The van der Waals surface area contributed by atoms with Crippen LogP contribution in [0.25, 0.3) is 0 Å². The lowest BCUT2D eigenvalue weighted by Gasteiger charge is -2.36. The molecule has 84 valence electrons. The van der Waals surface area contributed by atoms with Crippen molar-refractivity contribution in [3.8, 4) is 0 Å². The van der Waals surface area contributed by atoms with Gasteiger partial charge in [0, 0.05) is 0 Å². The summed E-state index contributed by atoms with van der Waals surface area (Å²) in [7, 11) is 0. The summed E-state index contributed by atoms with van der Waals surface area (Å²) in [6, 6.07) is 0. The zero-order valence-electron chi connectivity index (χ0n) is 9.93. The van der Waals surface area contributed by atoms with Gasteiger partial charge in [-0.3, -0.25) is 0 Å². The van der Waals surface area contributed by atoms with Crippen molar-refractivity contribution in [2.24, 2.45) is 5.41 Å². The fraction of sp³-hybridized carbons (Fsp3) is 0.692. The number of rotatable bonds is 3. The van der Waals surface area contributed by atoms with Crippen LogP contribution in [0, 0.1) is 5.41 Å². The van der Waals surface area contributed by atoms with Gasteiger partial charge >= 0.3 is 0 Å². The van der Waals surface area contributed by atoms with E-state index in [-0.39, 0.29) is 0 Å². The Bertz CT molecular complexity index is 321. The molecule has 0 fully saturated rings. The second-order valence-corrected chi connectivity index (χ2v) is 6.57. The molecule has 1 aliphatic rings. The van der Waals surface area contributed by atoms with Crippen LogP contribution in [0.3, 0.4) is 0 Å². The maximum atomic E-state index is 2.39. The Morgan fingerprint density at radius 2 is 2.13 bits per heavy atom. The highest BCUT2D eigenvalue weighted by Gasteiger charge is 2.32. The van der Waals surface area contributed by atoms with Gasteiger partial charge in [-0.2, -0.15) is 0 Å². The van der Waals surface area contributed by atoms with Gasteiger partial charge in [0.05, 0.1) is 4.21 Å². The van der Waals surface area contributed by atoms with Crippen LogP contribution < -0.4 is 0 Å². The zero-order chi connectivity index (χ0) is 10.9. The molecule has 2 rings (SSSR count). The van der Waals surface area contributed by atoms with Crippen molar-refractivity contribution in [1.29, 1.82) is 0 Å². The minimum atomic E-state index is 0.610. The molecule has 0 aromatic carbocycles. The molecule has 0 aliphatic heterocycles. The first-order chi connectivity index (χ1) is 7.24. The molecule has 0 atom stereocenters. The largest absolute Gasteiger partial charge is 0.137 e. The number of fused-ring (bicyclic) bond motifs is 1. The molecule has 1 heterocycles. The van der Waals surface area contributed by atoms with Crippen LogP contribution in [-0.4, -0.2) is 6.26 Å². The van der Waals surface area contributed by atoms with Gasteiger partial charge in [0.1, 0.15) is 0 Å². The molecule has 0 nitrogen and oxygen atoms in total. The lowest BCUT2D eigenvalue weighted by molar-refractivity contribution is 0.223. The normalized spacial score (nSPS) is 18.9. The molecule has 1 aromatic heterocycles. The molecule has 0 radical (unpaired) electrons. The highest BCUT2D eigenvalue weighted by atomic mass is 32.2. The van der Waals surface area contributed by atoms with Gasteiger partial charge in [0.25, 0.3) is 0 Å². The predicted octanol–water partition coefficient (Wildman–Crippen LogP) is 4.77. The van der Waals surface area contributed by atoms with Crippen LogP contribution in [0.2, 0.25) is 0 Å². The van der Waals surface area contributed by atoms with E-state index in [2.05, 4.69) is 25.5 Å². The molecule has 0 saturated heterocycles. The van der Waals surface area contributed by atoms with Crippen LogP contribution >= 0.6 is 23.1 Å². The Hall–Kier alpha value is 0.0500. The third-order valence-corrected chi connectivity index (χ3v) is 6.37. The first-order valence-corrected chi connectivity index (χ1v) is 7.98. The lowest BCUT2D eigenvalue weighted by Crippen LogP contribution is -2.27. The van der Waals surface area contributed by atoms with Gasteiger partial charge in [-0.1, -0.05) is 26.7 Å². The second-order valence-electron chi connectivity index (χ2n) is 4.61. The SMILES string of the molecule is CCC1(CC)CCc2csc(SC)c2C1. The molecule has 0 saturated carbocycles. The van der Waals surface area contributed by atoms with Gasteiger partial charge in [0.2, 0.25) is 0 Å². The third-order valence-electron chi connectivity index (χ3n) is 4.10. The van der Waals surface area contributed by atoms with Crippen LogP contribution in [-0.2, 0) is 12.8 Å². The average Bonchev–Trinajstić information content (AvgIpc) is 2.70. The fourth-order valence-corrected chi connectivity index (χ4v) is 4.52. The molecular formula is C13H20S2. The van der Waals surface area contributed by atoms with Crippen molar-refractivity contribution in [3.05, 3.63) is 16.5 Å². The van der Waals surface area contributed by atoms with Crippen molar-refractivity contribution in [2.75, 3.05) is 6.26 Å². The summed E-state index contributed by atoms with van der Waals surface area (Å²) in [6.07, 6.45) is 8.93. The zero-order valence-corrected chi connectivity index (χ0v) is 11.6. The molecule has 1 aromatic rings. The van der Waals surface area contributed by atoms with Crippen LogP contribution in [0.15, 0.2) is 9.59 Å². The van der Waals surface area contributed by atoms with E-state index in [1.54, 1.807) is 15.3 Å². The van der Waals surface area contributed by atoms with Crippen molar-refractivity contribution in [3.63, 3.8) is 0 Å². The lowest BCUT2D eigenvalue weighted by atomic mass is 9.69. The Kier molecular flexibility index (Phi) is 3.46. The maximum absolute atomic E-state index is 2.39. The van der Waals surface area contributed by atoms with Crippen LogP contribution in [0.5, 0.6) is 0 Å². The predicted molar refractivity (Wildman–Crippen MR) is 71.1 cm³/mol. The van der Waals surface area contributed by atoms with Crippen LogP contribution in [0.4, 0.5) is 0 Å². The Morgan fingerprint density at radius 3 is 2.73 bits per heavy atom. The van der Waals surface area contributed by atoms with E-state index in [1.165, 1.54) is 32.1 Å². The number of hydrogen-bond acceptors (Lipinski definition) is 2. The first-order valence-electron chi connectivity index (χ1n) is 5.88. The molecule has 0 unspecified atom stereocenters. The molecule has 0 bridgehead atoms. The summed E-state index contributed by atoms with van der Waals surface area (Å²) in [5.41, 5.74) is 3.93. The first kappa shape index (κ1) is 11.5. The summed E-state index contributed by atoms with van der Waals surface area (Å²) in [5, 5.41) is 2.39. The minimum Gasteiger partial charge on any atom is -0.137 e. The molecule has 0 spiro atoms. The summed E-state index contributed by atoms with van der Waals surface area (Å²) >= 11 is 3.88. The van der Waals surface area contributed by atoms with Gasteiger partial charge in [-0.05, 0) is 47.4 Å². The van der Waals surface area contributed by atoms with E-state index < -0.39 is 0 Å². The molecule has 15 heavy (non-hydrogen) atoms. The summed E-state index contributed by atoms with van der Waals surface area (Å²) in [5.74, 6) is 0. The van der Waals surface area contributed by atoms with Gasteiger partial charge in [-0.25, -0.2) is 0 Å². The molecule has 0 amide bonds. The second kappa shape index (κ2) is 4.50. The standard InChI is InChI=1S/C13H20S2/c1-4-13(5-2)7-6-10-9-15-12(14-3)11(10)8-13/h9H,4-8H2,1-3H3. The summed E-state index contributed by atoms with van der Waals surface area (Å²) in [4.78, 5) is 0. The van der Waals surface area contributed by atoms with Crippen molar-refractivity contribution in [2.45, 2.75) is 50.2 Å². The smallest absolute Gasteiger partial charge is 0.0630 e. The fourth-order valence-electron chi connectivity index (χ4n) is 2.68. The Morgan fingerprint density at radius 1 is 1.40 bits per heavy atom. The Labute approximate surface area is 101 Å². The van der Waals surface area contributed by atoms with Gasteiger partial charge in [-0.15, -0.1) is 23.1 Å². The van der Waals surface area contributed by atoms with E-state index in [1.807, 2.05) is 23.1 Å². The monoisotopic (exact) mass is 240 g/mol. The number of aryl methyl sites for hydroxylation is 1. The van der Waals surface area contributed by atoms with E-state index in [0.29, 0.717) is 5.41 Å². The molecule has 2 heteroatoms. The third kappa shape index (κ3) is 1.99. The molecule has 0 N–H and O–H groups in total. The number of hydrogen-bond donors (Lipinski definition) is 0. The van der Waals surface area contributed by atoms with E-state index in [9.17, 15) is 0 Å². The minimum absolute atomic E-state index is 0.610. The summed E-state index contributed by atoms with van der Waals surface area (Å²) < 4.78 is 1.57. The number of thioether (sulfide) groups is 1. The van der Waals surface area contributed by atoms with E-state index in [0.717, 1.165) is 0 Å². The summed E-state index contributed by atoms with van der Waals surface area (Å²) in [6.45, 7) is 4.72. The topological polar surface area (TPSA) is 0 Å². The molecular weight excluding hydrogens is 220 g/mol. The van der Waals surface area contributed by atoms with Gasteiger partial charge in [0.15, 0.2) is 0 Å². The molecule has 1 aliphatic carbocycles. The van der Waals surface area contributed by atoms with Crippen molar-refractivity contribution < 1.29 is 0 Å². The van der Waals surface area contributed by atoms with Crippen LogP contribution in [0.1, 0.15) is 44.2 Å². The van der Waals surface area contributed by atoms with Gasteiger partial charge < -0.3 is 0 Å². The maximum Gasteiger partial charge on any atom is 0.0630 e. The average molecular weight is 240 g/mol. The van der Waals surface area contributed by atoms with E-state index in [4.69, 9.17) is 0 Å². The number of thiophene rings is 1. The van der Waals surface area contributed by atoms with Crippen molar-refractivity contribution in [1.82, 2.24) is 0 Å². The quantitative estimate of drug-likeness (QED) is 0.686. The Balaban J connectivity index is 2.31.